The van der Waals surface area contributed by atoms with E-state index in [1.165, 1.54) is 28.5 Å². The van der Waals surface area contributed by atoms with Crippen LogP contribution in [0.2, 0.25) is 0 Å². The van der Waals surface area contributed by atoms with Crippen LogP contribution in [0.4, 0.5) is 11.4 Å². The van der Waals surface area contributed by atoms with Crippen LogP contribution in [0.15, 0.2) is 106 Å². The molecule has 9 heteroatoms. The second kappa shape index (κ2) is 10.7. The number of thiazole rings is 1. The summed E-state index contributed by atoms with van der Waals surface area (Å²) >= 11 is 2.85. The number of aromatic nitrogens is 1. The van der Waals surface area contributed by atoms with E-state index in [4.69, 9.17) is 9.40 Å². The summed E-state index contributed by atoms with van der Waals surface area (Å²) in [5, 5.41) is 4.30. The van der Waals surface area contributed by atoms with Crippen LogP contribution in [0.3, 0.4) is 0 Å². The number of aryl methyl sites for hydroxylation is 1. The van der Waals surface area contributed by atoms with Crippen LogP contribution in [0.5, 0.6) is 0 Å². The Balaban J connectivity index is 1.14. The van der Waals surface area contributed by atoms with E-state index in [9.17, 15) is 9.59 Å². The maximum Gasteiger partial charge on any atom is 0.283 e. The topological polar surface area (TPSA) is 87.8 Å². The van der Waals surface area contributed by atoms with Crippen molar-refractivity contribution in [3.63, 3.8) is 0 Å². The molecule has 7 nitrogen and oxygen atoms in total. The molecule has 2 amide bonds. The molecular weight excluding hydrogens is 528 g/mol. The normalized spacial score (nSPS) is 14.3. The molecule has 5 aromatic rings. The summed E-state index contributed by atoms with van der Waals surface area (Å²) in [6, 6.07) is 26.6. The Labute approximate surface area is 232 Å². The highest BCUT2D eigenvalue weighted by atomic mass is 32.2. The summed E-state index contributed by atoms with van der Waals surface area (Å²) in [5.41, 5.74) is 4.79. The van der Waals surface area contributed by atoms with Gasteiger partial charge in [-0.05, 0) is 73.2 Å². The molecule has 0 bridgehead atoms. The zero-order valence-electron chi connectivity index (χ0n) is 20.8. The number of anilines is 2. The van der Waals surface area contributed by atoms with Gasteiger partial charge in [0.15, 0.2) is 5.17 Å². The summed E-state index contributed by atoms with van der Waals surface area (Å²) in [6.45, 7) is 2.07. The number of carbonyl (C=O) groups is 2. The number of nitrogens with one attached hydrogen (secondary N) is 1. The van der Waals surface area contributed by atoms with Crippen molar-refractivity contribution in [1.29, 1.82) is 0 Å². The Morgan fingerprint density at radius 1 is 1.05 bits per heavy atom. The van der Waals surface area contributed by atoms with E-state index in [1.807, 2.05) is 60.7 Å². The number of carbonyl (C=O) groups excluding carboxylic acids is 2. The lowest BCUT2D eigenvalue weighted by Gasteiger charge is -2.17. The van der Waals surface area contributed by atoms with E-state index in [1.54, 1.807) is 29.5 Å². The van der Waals surface area contributed by atoms with Gasteiger partial charge in [-0.2, -0.15) is 0 Å². The van der Waals surface area contributed by atoms with Gasteiger partial charge in [0.1, 0.15) is 16.5 Å². The molecule has 0 spiro atoms. The average Bonchev–Trinajstić information content (AvgIpc) is 3.68. The number of aliphatic imine (C=N–C) groups is 1. The van der Waals surface area contributed by atoms with Crippen molar-refractivity contribution in [2.24, 2.45) is 4.99 Å². The van der Waals surface area contributed by atoms with Crippen molar-refractivity contribution < 1.29 is 14.0 Å². The van der Waals surface area contributed by atoms with E-state index < -0.39 is 0 Å². The van der Waals surface area contributed by atoms with Crippen molar-refractivity contribution in [1.82, 2.24) is 4.98 Å². The Morgan fingerprint density at radius 3 is 2.64 bits per heavy atom. The van der Waals surface area contributed by atoms with E-state index in [2.05, 4.69) is 29.4 Å². The van der Waals surface area contributed by atoms with Gasteiger partial charge in [-0.25, -0.2) is 9.98 Å². The summed E-state index contributed by atoms with van der Waals surface area (Å²) in [4.78, 5) is 36.8. The van der Waals surface area contributed by atoms with Gasteiger partial charge in [0.2, 0.25) is 5.91 Å². The Morgan fingerprint density at radius 2 is 1.87 bits per heavy atom. The van der Waals surface area contributed by atoms with Gasteiger partial charge >= 0.3 is 0 Å². The average molecular weight is 551 g/mol. The first kappa shape index (κ1) is 24.8. The Bertz CT molecular complexity index is 1720. The molecule has 6 rings (SSSR count). The van der Waals surface area contributed by atoms with Crippen molar-refractivity contribution >= 4 is 67.7 Å². The molecule has 3 heterocycles. The number of nitrogens with zero attached hydrogens (tertiary/aromatic N) is 3. The smallest absolute Gasteiger partial charge is 0.283 e. The molecule has 0 radical (unpaired) electrons. The molecular formula is C30H22N4O3S2. The number of para-hydroxylation sites is 1. The molecule has 0 atom stereocenters. The third-order valence-electron chi connectivity index (χ3n) is 5.96. The highest BCUT2D eigenvalue weighted by molar-refractivity contribution is 8.14. The molecule has 0 unspecified atom stereocenters. The molecule has 39 heavy (non-hydrogen) atoms. The summed E-state index contributed by atoms with van der Waals surface area (Å²) in [6.07, 6.45) is 3.14. The number of rotatable bonds is 6. The van der Waals surface area contributed by atoms with Gasteiger partial charge in [0, 0.05) is 17.3 Å². The third-order valence-corrected chi connectivity index (χ3v) is 7.96. The van der Waals surface area contributed by atoms with Crippen molar-refractivity contribution in [3.8, 4) is 10.6 Å². The van der Waals surface area contributed by atoms with Crippen LogP contribution in [0.25, 0.3) is 26.9 Å². The van der Waals surface area contributed by atoms with Crippen LogP contribution in [0, 0.1) is 6.92 Å². The fourth-order valence-electron chi connectivity index (χ4n) is 4.08. The van der Waals surface area contributed by atoms with Crippen LogP contribution in [-0.4, -0.2) is 27.7 Å². The van der Waals surface area contributed by atoms with Gasteiger partial charge in [-0.1, -0.05) is 36.0 Å². The zero-order chi connectivity index (χ0) is 26.8. The van der Waals surface area contributed by atoms with Crippen molar-refractivity contribution in [2.75, 3.05) is 16.0 Å². The highest BCUT2D eigenvalue weighted by Crippen LogP contribution is 2.32. The van der Waals surface area contributed by atoms with E-state index in [-0.39, 0.29) is 23.3 Å². The van der Waals surface area contributed by atoms with Crippen molar-refractivity contribution in [2.45, 2.75) is 6.92 Å². The van der Waals surface area contributed by atoms with E-state index >= 15 is 0 Å². The summed E-state index contributed by atoms with van der Waals surface area (Å²) in [7, 11) is 0. The first-order valence-electron chi connectivity index (χ1n) is 12.2. The van der Waals surface area contributed by atoms with E-state index in [0.29, 0.717) is 22.3 Å². The standard InChI is InChI=1S/C30H22N4O3S2/c1-19-9-14-24-26(16-19)39-28(32-24)20-10-12-21(13-11-20)31-27(35)18-38-30-33-25(17-23-8-5-15-37-23)29(36)34(30)22-6-3-2-4-7-22/h2-17H,18H2,1H3,(H,31,35)/b25-17+. The number of thioether (sulfide) groups is 1. The maximum atomic E-state index is 13.2. The molecule has 2 aromatic heterocycles. The Hall–Kier alpha value is -4.47. The minimum atomic E-state index is -0.277. The lowest BCUT2D eigenvalue weighted by atomic mass is 10.2. The van der Waals surface area contributed by atoms with Crippen LogP contribution in [-0.2, 0) is 9.59 Å². The second-order valence-electron chi connectivity index (χ2n) is 8.82. The second-order valence-corrected chi connectivity index (χ2v) is 10.8. The molecule has 3 aromatic carbocycles. The number of hydrogen-bond acceptors (Lipinski definition) is 7. The predicted molar refractivity (Wildman–Crippen MR) is 159 cm³/mol. The fraction of sp³-hybridized carbons (Fsp3) is 0.0667. The van der Waals surface area contributed by atoms with Gasteiger partial charge in [-0.15, -0.1) is 11.3 Å². The number of fused-ring (bicyclic) bond motifs is 1. The zero-order valence-corrected chi connectivity index (χ0v) is 22.5. The minimum Gasteiger partial charge on any atom is -0.465 e. The van der Waals surface area contributed by atoms with Crippen molar-refractivity contribution in [3.05, 3.63) is 108 Å². The lowest BCUT2D eigenvalue weighted by Crippen LogP contribution is -2.31. The molecule has 192 valence electrons. The number of amidine groups is 1. The molecule has 1 N–H and O–H groups in total. The Kier molecular flexibility index (Phi) is 6.83. The first-order valence-corrected chi connectivity index (χ1v) is 14.0. The fourth-order valence-corrected chi connectivity index (χ4v) is 5.97. The molecule has 0 fully saturated rings. The van der Waals surface area contributed by atoms with Crippen LogP contribution < -0.4 is 10.2 Å². The van der Waals surface area contributed by atoms with E-state index in [0.717, 1.165) is 20.8 Å². The first-order chi connectivity index (χ1) is 19.0. The SMILES string of the molecule is Cc1ccc2nc(-c3ccc(NC(=O)CSC4=N/C(=C/c5ccco5)C(=O)N4c4ccccc4)cc3)sc2c1. The highest BCUT2D eigenvalue weighted by Gasteiger charge is 2.32. The third kappa shape index (κ3) is 5.41. The van der Waals surface area contributed by atoms with Gasteiger partial charge in [-0.3, -0.25) is 14.5 Å². The molecule has 0 saturated heterocycles. The molecule has 0 saturated carbocycles. The molecule has 1 aliphatic heterocycles. The number of amides is 2. The maximum absolute atomic E-state index is 13.2. The molecule has 1 aliphatic rings. The number of hydrogen-bond donors (Lipinski definition) is 1. The van der Waals surface area contributed by atoms with Gasteiger partial charge in [0.05, 0.1) is 27.9 Å². The molecule has 0 aliphatic carbocycles. The quantitative estimate of drug-likeness (QED) is 0.231. The monoisotopic (exact) mass is 550 g/mol. The summed E-state index contributed by atoms with van der Waals surface area (Å²) < 4.78 is 6.50. The van der Waals surface area contributed by atoms with Crippen LogP contribution in [0.1, 0.15) is 11.3 Å². The summed E-state index contributed by atoms with van der Waals surface area (Å²) in [5.74, 6) is 0.141. The minimum absolute atomic E-state index is 0.0858. The van der Waals surface area contributed by atoms with Gasteiger partial charge < -0.3 is 9.73 Å². The van der Waals surface area contributed by atoms with Crippen LogP contribution >= 0.6 is 23.1 Å². The number of furan rings is 1. The van der Waals surface area contributed by atoms with Gasteiger partial charge in [0.25, 0.3) is 5.91 Å². The largest absolute Gasteiger partial charge is 0.465 e. The lowest BCUT2D eigenvalue weighted by molar-refractivity contribution is -0.114. The number of benzene rings is 3. The predicted octanol–water partition coefficient (Wildman–Crippen LogP) is 6.98.